The molecule has 2 N–H and O–H groups in total. The Morgan fingerprint density at radius 2 is 2.29 bits per heavy atom. The van der Waals surface area contributed by atoms with E-state index in [0.29, 0.717) is 5.56 Å². The Morgan fingerprint density at radius 3 is 2.93 bits per heavy atom. The fourth-order valence-corrected chi connectivity index (χ4v) is 1.17. The van der Waals surface area contributed by atoms with Gasteiger partial charge < -0.3 is 10.4 Å². The highest BCUT2D eigenvalue weighted by molar-refractivity contribution is 5.88. The van der Waals surface area contributed by atoms with Gasteiger partial charge in [-0.25, -0.2) is 4.79 Å². The van der Waals surface area contributed by atoms with Crippen LogP contribution in [0.2, 0.25) is 0 Å². The monoisotopic (exact) mass is 193 g/mol. The molecule has 0 saturated carbocycles. The van der Waals surface area contributed by atoms with E-state index in [9.17, 15) is 4.79 Å². The molecule has 3 heteroatoms. The average Bonchev–Trinajstić information content (AvgIpc) is 2.19. The molecular weight excluding hydrogens is 178 g/mol. The van der Waals surface area contributed by atoms with Crippen LogP contribution >= 0.6 is 0 Å². The Hall–Kier alpha value is -1.51. The van der Waals surface area contributed by atoms with E-state index in [-0.39, 0.29) is 0 Å². The molecule has 0 aliphatic carbocycles. The fourth-order valence-electron chi connectivity index (χ4n) is 1.17. The first-order valence-corrected chi connectivity index (χ1v) is 4.81. The summed E-state index contributed by atoms with van der Waals surface area (Å²) < 4.78 is 0. The number of rotatable bonds is 5. The average molecular weight is 193 g/mol. The van der Waals surface area contributed by atoms with Gasteiger partial charge in [0.2, 0.25) is 0 Å². The molecule has 1 rings (SSSR count). The standard InChI is InChI=1S/C11H15NO2/c1-2-3-7-12-10-6-4-5-9(8-10)11(13)14/h4-6,8,12H,2-3,7H2,1H3,(H,13,14). The van der Waals surface area contributed by atoms with E-state index >= 15 is 0 Å². The minimum absolute atomic E-state index is 0.325. The maximum absolute atomic E-state index is 10.7. The van der Waals surface area contributed by atoms with Gasteiger partial charge in [-0.05, 0) is 24.6 Å². The molecule has 76 valence electrons. The Balaban J connectivity index is 2.59. The number of hydrogen-bond acceptors (Lipinski definition) is 2. The molecule has 0 spiro atoms. The molecule has 14 heavy (non-hydrogen) atoms. The van der Waals surface area contributed by atoms with Crippen molar-refractivity contribution in [2.45, 2.75) is 19.8 Å². The fraction of sp³-hybridized carbons (Fsp3) is 0.364. The summed E-state index contributed by atoms with van der Waals surface area (Å²) in [7, 11) is 0. The molecule has 3 nitrogen and oxygen atoms in total. The number of carboxylic acid groups (broad SMARTS) is 1. The first-order chi connectivity index (χ1) is 6.74. The molecule has 1 aromatic carbocycles. The van der Waals surface area contributed by atoms with Gasteiger partial charge >= 0.3 is 5.97 Å². The second-order valence-electron chi connectivity index (χ2n) is 3.17. The van der Waals surface area contributed by atoms with Gasteiger partial charge in [0.15, 0.2) is 0 Å². The third kappa shape index (κ3) is 3.09. The molecule has 0 fully saturated rings. The summed E-state index contributed by atoms with van der Waals surface area (Å²) in [5, 5.41) is 11.9. The molecule has 0 bridgehead atoms. The van der Waals surface area contributed by atoms with Gasteiger partial charge in [0.1, 0.15) is 0 Å². The zero-order chi connectivity index (χ0) is 10.4. The lowest BCUT2D eigenvalue weighted by atomic mass is 10.2. The summed E-state index contributed by atoms with van der Waals surface area (Å²) in [6.45, 7) is 3.01. The van der Waals surface area contributed by atoms with Crippen molar-refractivity contribution in [3.8, 4) is 0 Å². The highest BCUT2D eigenvalue weighted by Gasteiger charge is 2.01. The largest absolute Gasteiger partial charge is 0.478 e. The van der Waals surface area contributed by atoms with E-state index in [0.717, 1.165) is 25.1 Å². The number of carboxylic acids is 1. The van der Waals surface area contributed by atoms with Crippen molar-refractivity contribution in [2.24, 2.45) is 0 Å². The lowest BCUT2D eigenvalue weighted by molar-refractivity contribution is 0.0697. The van der Waals surface area contributed by atoms with Gasteiger partial charge in [0.25, 0.3) is 0 Å². The summed E-state index contributed by atoms with van der Waals surface area (Å²) >= 11 is 0. The summed E-state index contributed by atoms with van der Waals surface area (Å²) in [5.41, 5.74) is 1.20. The van der Waals surface area contributed by atoms with Gasteiger partial charge in [0.05, 0.1) is 5.56 Å². The smallest absolute Gasteiger partial charge is 0.335 e. The van der Waals surface area contributed by atoms with Crippen LogP contribution in [0.1, 0.15) is 30.1 Å². The van der Waals surface area contributed by atoms with Crippen molar-refractivity contribution in [1.82, 2.24) is 0 Å². The van der Waals surface area contributed by atoms with Crippen molar-refractivity contribution in [2.75, 3.05) is 11.9 Å². The maximum Gasteiger partial charge on any atom is 0.335 e. The van der Waals surface area contributed by atoms with Crippen molar-refractivity contribution in [3.63, 3.8) is 0 Å². The summed E-state index contributed by atoms with van der Waals surface area (Å²) in [6.07, 6.45) is 2.23. The van der Waals surface area contributed by atoms with E-state index in [1.54, 1.807) is 18.2 Å². The second kappa shape index (κ2) is 5.27. The quantitative estimate of drug-likeness (QED) is 0.707. The van der Waals surface area contributed by atoms with Crippen LogP contribution in [0, 0.1) is 0 Å². The Kier molecular flexibility index (Phi) is 3.98. The van der Waals surface area contributed by atoms with Crippen molar-refractivity contribution in [3.05, 3.63) is 29.8 Å². The second-order valence-corrected chi connectivity index (χ2v) is 3.17. The van der Waals surface area contributed by atoms with Gasteiger partial charge in [-0.1, -0.05) is 19.4 Å². The minimum atomic E-state index is -0.885. The van der Waals surface area contributed by atoms with Crippen LogP contribution < -0.4 is 5.32 Å². The molecular formula is C11H15NO2. The molecule has 0 heterocycles. The lowest BCUT2D eigenvalue weighted by Gasteiger charge is -2.05. The van der Waals surface area contributed by atoms with Gasteiger partial charge in [-0.2, -0.15) is 0 Å². The van der Waals surface area contributed by atoms with E-state index in [1.807, 2.05) is 6.07 Å². The van der Waals surface area contributed by atoms with Crippen LogP contribution in [0.5, 0.6) is 0 Å². The molecule has 0 unspecified atom stereocenters. The normalized spacial score (nSPS) is 9.79. The molecule has 0 aliphatic heterocycles. The molecule has 0 atom stereocenters. The third-order valence-electron chi connectivity index (χ3n) is 1.97. The first kappa shape index (κ1) is 10.6. The summed E-state index contributed by atoms with van der Waals surface area (Å²) in [5.74, 6) is -0.885. The molecule has 1 aromatic rings. The van der Waals surface area contributed by atoms with Crippen LogP contribution in [0.25, 0.3) is 0 Å². The van der Waals surface area contributed by atoms with Crippen molar-refractivity contribution >= 4 is 11.7 Å². The van der Waals surface area contributed by atoms with E-state index < -0.39 is 5.97 Å². The summed E-state index contributed by atoms with van der Waals surface area (Å²) in [4.78, 5) is 10.7. The number of benzene rings is 1. The number of aromatic carboxylic acids is 1. The topological polar surface area (TPSA) is 49.3 Å². The van der Waals surface area contributed by atoms with E-state index in [4.69, 9.17) is 5.11 Å². The number of hydrogen-bond donors (Lipinski definition) is 2. The van der Waals surface area contributed by atoms with Gasteiger partial charge in [0, 0.05) is 12.2 Å². The van der Waals surface area contributed by atoms with Crippen LogP contribution in [0.4, 0.5) is 5.69 Å². The Morgan fingerprint density at radius 1 is 1.50 bits per heavy atom. The lowest BCUT2D eigenvalue weighted by Crippen LogP contribution is -2.02. The number of unbranched alkanes of at least 4 members (excludes halogenated alkanes) is 1. The molecule has 0 radical (unpaired) electrons. The molecule has 0 amide bonds. The van der Waals surface area contributed by atoms with Crippen LogP contribution in [-0.2, 0) is 0 Å². The maximum atomic E-state index is 10.7. The molecule has 0 saturated heterocycles. The van der Waals surface area contributed by atoms with Crippen LogP contribution in [0.3, 0.4) is 0 Å². The van der Waals surface area contributed by atoms with E-state index in [2.05, 4.69) is 12.2 Å². The van der Waals surface area contributed by atoms with Crippen molar-refractivity contribution in [1.29, 1.82) is 0 Å². The highest BCUT2D eigenvalue weighted by atomic mass is 16.4. The molecule has 0 aromatic heterocycles. The first-order valence-electron chi connectivity index (χ1n) is 4.81. The summed E-state index contributed by atoms with van der Waals surface area (Å²) in [6, 6.07) is 6.87. The van der Waals surface area contributed by atoms with Crippen LogP contribution in [-0.4, -0.2) is 17.6 Å². The molecule has 0 aliphatic rings. The number of carbonyl (C=O) groups is 1. The van der Waals surface area contributed by atoms with E-state index in [1.165, 1.54) is 0 Å². The van der Waals surface area contributed by atoms with Gasteiger partial charge in [-0.3, -0.25) is 0 Å². The van der Waals surface area contributed by atoms with Crippen LogP contribution in [0.15, 0.2) is 24.3 Å². The minimum Gasteiger partial charge on any atom is -0.478 e. The zero-order valence-electron chi connectivity index (χ0n) is 8.29. The number of anilines is 1. The Bertz CT molecular complexity index is 310. The zero-order valence-corrected chi connectivity index (χ0v) is 8.29. The predicted molar refractivity (Wildman–Crippen MR) is 56.8 cm³/mol. The highest BCUT2D eigenvalue weighted by Crippen LogP contribution is 2.10. The SMILES string of the molecule is CCCCNc1cccc(C(=O)O)c1. The third-order valence-corrected chi connectivity index (χ3v) is 1.97. The van der Waals surface area contributed by atoms with Gasteiger partial charge in [-0.15, -0.1) is 0 Å². The number of nitrogens with one attached hydrogen (secondary N) is 1. The Labute approximate surface area is 83.8 Å². The van der Waals surface area contributed by atoms with Crippen molar-refractivity contribution < 1.29 is 9.90 Å². The predicted octanol–water partition coefficient (Wildman–Crippen LogP) is 2.60.